The van der Waals surface area contributed by atoms with Gasteiger partial charge in [-0.3, -0.25) is 20.0 Å². The number of amides is 5. The summed E-state index contributed by atoms with van der Waals surface area (Å²) in [6.07, 6.45) is 4.94. The Labute approximate surface area is 265 Å². The van der Waals surface area contributed by atoms with E-state index in [0.29, 0.717) is 35.2 Å². The Balaban J connectivity index is 1.17. The number of nitrogens with zero attached hydrogens (tertiary/aromatic N) is 4. The van der Waals surface area contributed by atoms with Gasteiger partial charge in [-0.1, -0.05) is 24.0 Å². The SMILES string of the molecule is CC(C)(C)OC(=O)NNC(=O)c1cc(-c2ccc(C#Cc3ccc(N4C(=O)C5CCCCN5C4=O)cc3)cc2)nc2ccncc12. The summed E-state index contributed by atoms with van der Waals surface area (Å²) in [5.41, 5.74) is 8.17. The number of imide groups is 1. The molecule has 2 aromatic heterocycles. The molecule has 6 rings (SSSR count). The van der Waals surface area contributed by atoms with Crippen LogP contribution >= 0.6 is 0 Å². The average Bonchev–Trinajstić information content (AvgIpc) is 3.31. The van der Waals surface area contributed by atoms with E-state index in [0.717, 1.165) is 29.5 Å². The molecule has 1 atom stereocenters. The maximum atomic E-state index is 13.1. The third kappa shape index (κ3) is 6.37. The first-order valence-corrected chi connectivity index (χ1v) is 15.0. The second kappa shape index (κ2) is 12.3. The van der Waals surface area contributed by atoms with Gasteiger partial charge < -0.3 is 9.64 Å². The van der Waals surface area contributed by atoms with E-state index in [9.17, 15) is 19.2 Å². The number of hydrogen-bond acceptors (Lipinski definition) is 7. The van der Waals surface area contributed by atoms with Crippen LogP contribution in [0.4, 0.5) is 15.3 Å². The third-order valence-corrected chi connectivity index (χ3v) is 7.63. The van der Waals surface area contributed by atoms with E-state index in [1.807, 2.05) is 24.3 Å². The zero-order valence-electron chi connectivity index (χ0n) is 25.7. The molecule has 4 heterocycles. The van der Waals surface area contributed by atoms with Gasteiger partial charge in [-0.2, -0.15) is 0 Å². The molecule has 11 nitrogen and oxygen atoms in total. The number of urea groups is 1. The molecule has 2 aliphatic rings. The molecule has 2 fully saturated rings. The Morgan fingerprint density at radius 2 is 1.63 bits per heavy atom. The number of nitrogens with one attached hydrogen (secondary N) is 2. The van der Waals surface area contributed by atoms with E-state index in [2.05, 4.69) is 27.7 Å². The van der Waals surface area contributed by atoms with Crippen LogP contribution in [0.3, 0.4) is 0 Å². The highest BCUT2D eigenvalue weighted by atomic mass is 16.6. The number of carbonyl (C=O) groups is 4. The monoisotopic (exact) mass is 616 g/mol. The number of anilines is 1. The number of fused-ring (bicyclic) bond motifs is 2. The van der Waals surface area contributed by atoms with Gasteiger partial charge in [0.1, 0.15) is 11.6 Å². The van der Waals surface area contributed by atoms with Gasteiger partial charge in [0.15, 0.2) is 0 Å². The molecule has 0 radical (unpaired) electrons. The summed E-state index contributed by atoms with van der Waals surface area (Å²) >= 11 is 0. The van der Waals surface area contributed by atoms with Crippen molar-refractivity contribution in [3.05, 3.63) is 89.7 Å². The van der Waals surface area contributed by atoms with Gasteiger partial charge in [-0.15, -0.1) is 0 Å². The highest BCUT2D eigenvalue weighted by Crippen LogP contribution is 2.31. The predicted octanol–water partition coefficient (Wildman–Crippen LogP) is 5.19. The second-order valence-electron chi connectivity index (χ2n) is 12.1. The number of rotatable bonds is 3. The van der Waals surface area contributed by atoms with Gasteiger partial charge in [0.2, 0.25) is 0 Å². The molecule has 2 N–H and O–H groups in total. The molecule has 11 heteroatoms. The summed E-state index contributed by atoms with van der Waals surface area (Å²) in [6, 6.07) is 17.3. The fraction of sp³-hybridized carbons (Fsp3) is 0.257. The number of hydrogen-bond donors (Lipinski definition) is 2. The Morgan fingerprint density at radius 3 is 2.30 bits per heavy atom. The molecule has 1 unspecified atom stereocenters. The summed E-state index contributed by atoms with van der Waals surface area (Å²) in [4.78, 5) is 62.6. The number of benzene rings is 2. The van der Waals surface area contributed by atoms with Crippen molar-refractivity contribution >= 4 is 40.5 Å². The molecule has 0 aliphatic carbocycles. The molecular weight excluding hydrogens is 584 g/mol. The topological polar surface area (TPSA) is 134 Å². The van der Waals surface area contributed by atoms with Gasteiger partial charge in [0, 0.05) is 41.0 Å². The minimum Gasteiger partial charge on any atom is -0.443 e. The lowest BCUT2D eigenvalue weighted by Gasteiger charge is -2.25. The minimum absolute atomic E-state index is 0.161. The standard InChI is InChI=1S/C35H32N6O5/c1-35(2,3)46-33(44)39-38-31(42)26-20-29(37-28-17-18-36-21-27(26)28)24-13-9-22(10-14-24)7-8-23-11-15-25(16-12-23)41-32(43)30-6-4-5-19-40(30)34(41)45/h9-18,20-21,30H,4-6,19H2,1-3H3,(H,38,42)(H,39,44). The fourth-order valence-corrected chi connectivity index (χ4v) is 5.47. The first-order chi connectivity index (χ1) is 22.1. The summed E-state index contributed by atoms with van der Waals surface area (Å²) < 4.78 is 5.19. The summed E-state index contributed by atoms with van der Waals surface area (Å²) in [5.74, 6) is 5.56. The first kappa shape index (κ1) is 30.3. The molecule has 0 spiro atoms. The van der Waals surface area contributed by atoms with Gasteiger partial charge in [0.25, 0.3) is 11.8 Å². The van der Waals surface area contributed by atoms with E-state index in [1.54, 1.807) is 74.5 Å². The Hall–Kier alpha value is -5.76. The zero-order valence-corrected chi connectivity index (χ0v) is 25.7. The second-order valence-corrected chi connectivity index (χ2v) is 12.1. The van der Waals surface area contributed by atoms with Gasteiger partial charge in [-0.05, 0) is 88.6 Å². The highest BCUT2D eigenvalue weighted by molar-refractivity contribution is 6.21. The molecule has 2 aromatic carbocycles. The van der Waals surface area contributed by atoms with Crippen LogP contribution in [0.1, 0.15) is 61.5 Å². The summed E-state index contributed by atoms with van der Waals surface area (Å²) in [6.45, 7) is 5.79. The van der Waals surface area contributed by atoms with Crippen molar-refractivity contribution in [2.45, 2.75) is 51.7 Å². The largest absolute Gasteiger partial charge is 0.443 e. The molecule has 0 bridgehead atoms. The van der Waals surface area contributed by atoms with E-state index in [4.69, 9.17) is 9.72 Å². The van der Waals surface area contributed by atoms with Crippen molar-refractivity contribution in [2.24, 2.45) is 0 Å². The van der Waals surface area contributed by atoms with Gasteiger partial charge in [-0.25, -0.2) is 24.9 Å². The average molecular weight is 617 g/mol. The Bertz CT molecular complexity index is 1880. The van der Waals surface area contributed by atoms with Crippen LogP contribution in [0, 0.1) is 11.8 Å². The Morgan fingerprint density at radius 1 is 0.935 bits per heavy atom. The molecule has 2 saturated heterocycles. The maximum Gasteiger partial charge on any atom is 0.426 e. The lowest BCUT2D eigenvalue weighted by Crippen LogP contribution is -2.44. The van der Waals surface area contributed by atoms with Crippen LogP contribution < -0.4 is 15.8 Å². The molecule has 4 aromatic rings. The summed E-state index contributed by atoms with van der Waals surface area (Å²) in [5, 5.41) is 0.526. The number of aromatic nitrogens is 2. The number of pyridine rings is 2. The highest BCUT2D eigenvalue weighted by Gasteiger charge is 2.46. The van der Waals surface area contributed by atoms with Crippen molar-refractivity contribution in [2.75, 3.05) is 11.4 Å². The molecule has 46 heavy (non-hydrogen) atoms. The minimum atomic E-state index is -0.780. The van der Waals surface area contributed by atoms with Gasteiger partial charge in [0.05, 0.1) is 22.5 Å². The van der Waals surface area contributed by atoms with E-state index >= 15 is 0 Å². The van der Waals surface area contributed by atoms with Crippen LogP contribution in [0.25, 0.3) is 22.2 Å². The molecule has 5 amide bonds. The lowest BCUT2D eigenvalue weighted by atomic mass is 10.0. The van der Waals surface area contributed by atoms with E-state index < -0.39 is 17.6 Å². The predicted molar refractivity (Wildman–Crippen MR) is 171 cm³/mol. The normalized spacial score (nSPS) is 16.0. The van der Waals surface area contributed by atoms with E-state index in [-0.39, 0.29) is 23.5 Å². The Kier molecular flexibility index (Phi) is 8.11. The molecule has 232 valence electrons. The van der Waals surface area contributed by atoms with Crippen LogP contribution in [0.5, 0.6) is 0 Å². The van der Waals surface area contributed by atoms with Crippen molar-refractivity contribution in [1.82, 2.24) is 25.7 Å². The number of ether oxygens (including phenoxy) is 1. The maximum absolute atomic E-state index is 13.1. The molecule has 2 aliphatic heterocycles. The quantitative estimate of drug-likeness (QED) is 0.184. The van der Waals surface area contributed by atoms with Crippen molar-refractivity contribution in [3.63, 3.8) is 0 Å². The first-order valence-electron chi connectivity index (χ1n) is 15.0. The summed E-state index contributed by atoms with van der Waals surface area (Å²) in [7, 11) is 0. The van der Waals surface area contributed by atoms with Crippen LogP contribution in [0.2, 0.25) is 0 Å². The van der Waals surface area contributed by atoms with Crippen LogP contribution in [0.15, 0.2) is 73.1 Å². The van der Waals surface area contributed by atoms with Crippen molar-refractivity contribution in [3.8, 4) is 23.1 Å². The number of piperidine rings is 1. The van der Waals surface area contributed by atoms with Crippen LogP contribution in [-0.4, -0.2) is 57.0 Å². The lowest BCUT2D eigenvalue weighted by molar-refractivity contribution is -0.120. The fourth-order valence-electron chi connectivity index (χ4n) is 5.47. The van der Waals surface area contributed by atoms with E-state index in [1.165, 1.54) is 4.90 Å². The van der Waals surface area contributed by atoms with Crippen molar-refractivity contribution in [1.29, 1.82) is 0 Å². The van der Waals surface area contributed by atoms with Crippen molar-refractivity contribution < 1.29 is 23.9 Å². The zero-order chi connectivity index (χ0) is 32.4. The smallest absolute Gasteiger partial charge is 0.426 e. The van der Waals surface area contributed by atoms with Gasteiger partial charge >= 0.3 is 12.1 Å². The number of carbonyl (C=O) groups excluding carboxylic acids is 4. The third-order valence-electron chi connectivity index (χ3n) is 7.63. The number of hydrazine groups is 1. The molecule has 0 saturated carbocycles. The molecular formula is C35H32N6O5. The van der Waals surface area contributed by atoms with Crippen LogP contribution in [-0.2, 0) is 9.53 Å².